The van der Waals surface area contributed by atoms with Crippen LogP contribution in [0, 0.1) is 5.82 Å². The maximum Gasteiger partial charge on any atom is 0.339 e. The summed E-state index contributed by atoms with van der Waals surface area (Å²) in [6.07, 6.45) is 0.841. The van der Waals surface area contributed by atoms with Crippen molar-refractivity contribution in [3.63, 3.8) is 0 Å². The lowest BCUT2D eigenvalue weighted by Gasteiger charge is -2.13. The van der Waals surface area contributed by atoms with Crippen LogP contribution < -0.4 is 9.47 Å². The molecule has 0 saturated heterocycles. The quantitative estimate of drug-likeness (QED) is 0.907. The monoisotopic (exact) mass is 290 g/mol. The van der Waals surface area contributed by atoms with E-state index in [4.69, 9.17) is 14.6 Å². The lowest BCUT2D eigenvalue weighted by Crippen LogP contribution is -2.01. The predicted molar refractivity (Wildman–Crippen MR) is 75.8 cm³/mol. The average molecular weight is 290 g/mol. The summed E-state index contributed by atoms with van der Waals surface area (Å²) in [6, 6.07) is 8.74. The molecule has 0 spiro atoms. The lowest BCUT2D eigenvalue weighted by molar-refractivity contribution is 0.0693. The lowest BCUT2D eigenvalue weighted by atomic mass is 10.1. The van der Waals surface area contributed by atoms with E-state index >= 15 is 0 Å². The van der Waals surface area contributed by atoms with E-state index in [2.05, 4.69) is 0 Å². The van der Waals surface area contributed by atoms with Gasteiger partial charge in [0, 0.05) is 0 Å². The number of hydrogen-bond acceptors (Lipinski definition) is 3. The Morgan fingerprint density at radius 3 is 2.48 bits per heavy atom. The van der Waals surface area contributed by atoms with E-state index in [0.29, 0.717) is 11.5 Å². The van der Waals surface area contributed by atoms with Crippen LogP contribution in [0.1, 0.15) is 22.8 Å². The summed E-state index contributed by atoms with van der Waals surface area (Å²) in [5.74, 6) is -0.952. The molecule has 0 unspecified atom stereocenters. The minimum atomic E-state index is -1.26. The molecule has 0 amide bonds. The van der Waals surface area contributed by atoms with Crippen molar-refractivity contribution in [2.75, 3.05) is 7.11 Å². The molecule has 4 nitrogen and oxygen atoms in total. The molecule has 0 aromatic heterocycles. The fraction of sp³-hybridized carbons (Fsp3) is 0.188. The molecule has 0 aliphatic carbocycles. The fourth-order valence-corrected chi connectivity index (χ4v) is 1.89. The molecule has 0 atom stereocenters. The molecule has 2 aromatic carbocycles. The van der Waals surface area contributed by atoms with Crippen molar-refractivity contribution in [3.8, 4) is 17.2 Å². The number of aromatic carboxylic acids is 1. The second-order valence-corrected chi connectivity index (χ2v) is 4.39. The van der Waals surface area contributed by atoms with Crippen LogP contribution in [-0.4, -0.2) is 18.2 Å². The number of rotatable bonds is 5. The number of ether oxygens (including phenoxy) is 2. The molecule has 0 aliphatic rings. The first-order chi connectivity index (χ1) is 10.0. The highest BCUT2D eigenvalue weighted by Gasteiger charge is 2.15. The Kier molecular flexibility index (Phi) is 4.42. The Morgan fingerprint density at radius 2 is 1.86 bits per heavy atom. The molecule has 21 heavy (non-hydrogen) atoms. The molecule has 0 bridgehead atoms. The van der Waals surface area contributed by atoms with Gasteiger partial charge in [0.2, 0.25) is 0 Å². The number of aryl methyl sites for hydroxylation is 1. The van der Waals surface area contributed by atoms with Crippen LogP contribution in [0.2, 0.25) is 0 Å². The second-order valence-electron chi connectivity index (χ2n) is 4.39. The Labute approximate surface area is 121 Å². The smallest absolute Gasteiger partial charge is 0.339 e. The van der Waals surface area contributed by atoms with Crippen molar-refractivity contribution in [1.82, 2.24) is 0 Å². The Bertz CT molecular complexity index is 667. The summed E-state index contributed by atoms with van der Waals surface area (Å²) in [4.78, 5) is 11.1. The van der Waals surface area contributed by atoms with Gasteiger partial charge in [-0.25, -0.2) is 9.18 Å². The summed E-state index contributed by atoms with van der Waals surface area (Å²) in [7, 11) is 1.50. The van der Waals surface area contributed by atoms with Crippen molar-refractivity contribution in [3.05, 3.63) is 53.3 Å². The van der Waals surface area contributed by atoms with Gasteiger partial charge in [0.05, 0.1) is 7.11 Å². The molecule has 0 radical (unpaired) electrons. The number of carbonyl (C=O) groups is 1. The van der Waals surface area contributed by atoms with Crippen molar-refractivity contribution < 1.29 is 23.8 Å². The molecule has 0 fully saturated rings. The van der Waals surface area contributed by atoms with Gasteiger partial charge in [-0.1, -0.05) is 13.0 Å². The third-order valence-corrected chi connectivity index (χ3v) is 3.03. The maximum atomic E-state index is 13.1. The summed E-state index contributed by atoms with van der Waals surface area (Å²) in [5, 5.41) is 9.10. The summed E-state index contributed by atoms with van der Waals surface area (Å²) >= 11 is 0. The number of methoxy groups -OCH3 is 1. The third kappa shape index (κ3) is 3.31. The van der Waals surface area contributed by atoms with E-state index < -0.39 is 11.8 Å². The van der Waals surface area contributed by atoms with Gasteiger partial charge in [-0.3, -0.25) is 0 Å². The zero-order valence-electron chi connectivity index (χ0n) is 11.7. The second kappa shape index (κ2) is 6.26. The SMILES string of the molecule is CCc1ccc(Oc2ccc(F)cc2C(=O)O)c(OC)c1. The molecule has 0 aliphatic heterocycles. The van der Waals surface area contributed by atoms with Crippen LogP contribution in [0.15, 0.2) is 36.4 Å². The molecule has 5 heteroatoms. The topological polar surface area (TPSA) is 55.8 Å². The number of carboxylic acid groups (broad SMARTS) is 1. The molecule has 2 rings (SSSR count). The number of halogens is 1. The number of hydrogen-bond donors (Lipinski definition) is 1. The first kappa shape index (κ1) is 14.8. The summed E-state index contributed by atoms with van der Waals surface area (Å²) < 4.78 is 24.0. The fourth-order valence-electron chi connectivity index (χ4n) is 1.89. The highest BCUT2D eigenvalue weighted by Crippen LogP contribution is 2.34. The van der Waals surface area contributed by atoms with Crippen LogP contribution in [0.3, 0.4) is 0 Å². The largest absolute Gasteiger partial charge is 0.493 e. The number of carboxylic acids is 1. The molecule has 1 N–H and O–H groups in total. The van der Waals surface area contributed by atoms with E-state index in [1.54, 1.807) is 6.07 Å². The van der Waals surface area contributed by atoms with Crippen molar-refractivity contribution in [2.24, 2.45) is 0 Å². The van der Waals surface area contributed by atoms with E-state index in [1.807, 2.05) is 19.1 Å². The van der Waals surface area contributed by atoms with Crippen LogP contribution in [-0.2, 0) is 6.42 Å². The average Bonchev–Trinajstić information content (AvgIpc) is 2.49. The maximum absolute atomic E-state index is 13.1. The minimum Gasteiger partial charge on any atom is -0.493 e. The molecule has 2 aromatic rings. The molecule has 110 valence electrons. The van der Waals surface area contributed by atoms with Gasteiger partial charge in [-0.2, -0.15) is 0 Å². The third-order valence-electron chi connectivity index (χ3n) is 3.03. The van der Waals surface area contributed by atoms with Crippen molar-refractivity contribution in [1.29, 1.82) is 0 Å². The first-order valence-electron chi connectivity index (χ1n) is 6.42. The standard InChI is InChI=1S/C16H15FO4/c1-3-10-4-6-14(15(8-10)20-2)21-13-7-5-11(17)9-12(13)16(18)19/h4-9H,3H2,1-2H3,(H,18,19). The molecular formula is C16H15FO4. The normalized spacial score (nSPS) is 10.2. The summed E-state index contributed by atoms with van der Waals surface area (Å²) in [5.41, 5.74) is 0.827. The van der Waals surface area contributed by atoms with Gasteiger partial charge in [0.1, 0.15) is 17.1 Å². The van der Waals surface area contributed by atoms with Crippen LogP contribution in [0.25, 0.3) is 0 Å². The van der Waals surface area contributed by atoms with E-state index in [9.17, 15) is 9.18 Å². The van der Waals surface area contributed by atoms with Crippen molar-refractivity contribution >= 4 is 5.97 Å². The molecule has 0 heterocycles. The minimum absolute atomic E-state index is 0.0615. The van der Waals surface area contributed by atoms with Crippen LogP contribution in [0.4, 0.5) is 4.39 Å². The van der Waals surface area contributed by atoms with Gasteiger partial charge < -0.3 is 14.6 Å². The zero-order chi connectivity index (χ0) is 15.4. The van der Waals surface area contributed by atoms with Crippen LogP contribution >= 0.6 is 0 Å². The Hall–Kier alpha value is -2.56. The van der Waals surface area contributed by atoms with Gasteiger partial charge in [-0.05, 0) is 42.3 Å². The van der Waals surface area contributed by atoms with Crippen molar-refractivity contribution in [2.45, 2.75) is 13.3 Å². The summed E-state index contributed by atoms with van der Waals surface area (Å²) in [6.45, 7) is 2.01. The highest BCUT2D eigenvalue weighted by atomic mass is 19.1. The van der Waals surface area contributed by atoms with Gasteiger partial charge in [0.25, 0.3) is 0 Å². The van der Waals surface area contributed by atoms with E-state index in [-0.39, 0.29) is 11.3 Å². The van der Waals surface area contributed by atoms with Gasteiger partial charge in [-0.15, -0.1) is 0 Å². The van der Waals surface area contributed by atoms with Gasteiger partial charge >= 0.3 is 5.97 Å². The highest BCUT2D eigenvalue weighted by molar-refractivity contribution is 5.91. The number of benzene rings is 2. The van der Waals surface area contributed by atoms with Crippen LogP contribution in [0.5, 0.6) is 17.2 Å². The van der Waals surface area contributed by atoms with E-state index in [1.165, 1.54) is 13.2 Å². The van der Waals surface area contributed by atoms with E-state index in [0.717, 1.165) is 24.1 Å². The first-order valence-corrected chi connectivity index (χ1v) is 6.42. The Morgan fingerprint density at radius 1 is 1.14 bits per heavy atom. The predicted octanol–water partition coefficient (Wildman–Crippen LogP) is 3.89. The zero-order valence-corrected chi connectivity index (χ0v) is 11.7. The Balaban J connectivity index is 2.40. The molecule has 0 saturated carbocycles. The molecular weight excluding hydrogens is 275 g/mol. The van der Waals surface area contributed by atoms with Gasteiger partial charge in [0.15, 0.2) is 11.5 Å².